The lowest BCUT2D eigenvalue weighted by Gasteiger charge is -2.37. The van der Waals surface area contributed by atoms with Gasteiger partial charge in [0, 0.05) is 31.9 Å². The predicted octanol–water partition coefficient (Wildman–Crippen LogP) is 3.32. The molecule has 31 heavy (non-hydrogen) atoms. The van der Waals surface area contributed by atoms with E-state index >= 15 is 0 Å². The molecule has 1 fully saturated rings. The number of fused-ring (bicyclic) bond motifs is 3. The minimum atomic E-state index is -0.590. The summed E-state index contributed by atoms with van der Waals surface area (Å²) in [6.07, 6.45) is 0.523. The van der Waals surface area contributed by atoms with Crippen LogP contribution in [-0.2, 0) is 4.79 Å². The van der Waals surface area contributed by atoms with Crippen LogP contribution in [0.15, 0.2) is 52.6 Å². The van der Waals surface area contributed by atoms with Crippen molar-refractivity contribution in [3.63, 3.8) is 0 Å². The number of thiophene rings is 1. The van der Waals surface area contributed by atoms with Crippen molar-refractivity contribution >= 4 is 38.7 Å². The first-order chi connectivity index (χ1) is 15.1. The molecule has 7 nitrogen and oxygen atoms in total. The Morgan fingerprint density at radius 3 is 2.55 bits per heavy atom. The molecule has 1 aliphatic rings. The van der Waals surface area contributed by atoms with Gasteiger partial charge in [0.05, 0.1) is 10.2 Å². The molecule has 4 aromatic rings. The van der Waals surface area contributed by atoms with Gasteiger partial charge in [0.1, 0.15) is 17.4 Å². The van der Waals surface area contributed by atoms with Crippen molar-refractivity contribution in [2.45, 2.75) is 26.3 Å². The average molecular weight is 436 g/mol. The Morgan fingerprint density at radius 2 is 1.84 bits per heavy atom. The standard InChI is InChI=1S/C23H25N5O2S/c1-3-18(22(29)26-12-10-25(11-13-26)17-7-5-4-6-8-17)28-23(30)20-15-21-19(9-14-31-21)27(20)16(2)24-28/h4-9,14-15,18H,3,10-13H2,1-2H3/t18-/m1/s1. The zero-order chi connectivity index (χ0) is 21.5. The van der Waals surface area contributed by atoms with E-state index in [2.05, 4.69) is 22.1 Å². The van der Waals surface area contributed by atoms with E-state index in [1.54, 1.807) is 11.3 Å². The number of hydrogen-bond acceptors (Lipinski definition) is 5. The van der Waals surface area contributed by atoms with Crippen molar-refractivity contribution in [2.75, 3.05) is 31.1 Å². The van der Waals surface area contributed by atoms with Gasteiger partial charge in [0.25, 0.3) is 5.56 Å². The molecule has 1 aromatic carbocycles. The summed E-state index contributed by atoms with van der Waals surface area (Å²) in [6.45, 7) is 6.66. The van der Waals surface area contributed by atoms with Crippen molar-refractivity contribution in [3.05, 3.63) is 64.0 Å². The first-order valence-corrected chi connectivity index (χ1v) is 11.5. The Labute approximate surface area is 184 Å². The topological polar surface area (TPSA) is 62.9 Å². The van der Waals surface area contributed by atoms with Gasteiger partial charge in [-0.1, -0.05) is 25.1 Å². The Hall–Kier alpha value is -3.13. The number of rotatable bonds is 4. The molecule has 1 saturated heterocycles. The number of benzene rings is 1. The molecule has 0 aliphatic carbocycles. The molecular formula is C23H25N5O2S. The molecule has 1 atom stereocenters. The highest BCUT2D eigenvalue weighted by Gasteiger charge is 2.30. The molecule has 0 saturated carbocycles. The second-order valence-electron chi connectivity index (χ2n) is 7.90. The van der Waals surface area contributed by atoms with E-state index in [1.807, 2.05) is 58.9 Å². The van der Waals surface area contributed by atoms with Gasteiger partial charge in [-0.2, -0.15) is 5.10 Å². The largest absolute Gasteiger partial charge is 0.368 e. The molecule has 1 amide bonds. The lowest BCUT2D eigenvalue weighted by atomic mass is 10.1. The summed E-state index contributed by atoms with van der Waals surface area (Å²) in [5.41, 5.74) is 2.53. The number of nitrogens with zero attached hydrogens (tertiary/aromatic N) is 5. The number of carbonyl (C=O) groups excluding carboxylic acids is 1. The lowest BCUT2D eigenvalue weighted by molar-refractivity contribution is -0.135. The van der Waals surface area contributed by atoms with Crippen LogP contribution in [0.3, 0.4) is 0 Å². The van der Waals surface area contributed by atoms with E-state index in [9.17, 15) is 9.59 Å². The van der Waals surface area contributed by atoms with Crippen LogP contribution < -0.4 is 10.5 Å². The number of aryl methyl sites for hydroxylation is 1. The third kappa shape index (κ3) is 3.31. The van der Waals surface area contributed by atoms with Gasteiger partial charge in [-0.15, -0.1) is 11.3 Å². The Balaban J connectivity index is 1.42. The number of amides is 1. The summed E-state index contributed by atoms with van der Waals surface area (Å²) in [4.78, 5) is 30.8. The zero-order valence-corrected chi connectivity index (χ0v) is 18.5. The van der Waals surface area contributed by atoms with Crippen LogP contribution in [0.4, 0.5) is 5.69 Å². The highest BCUT2D eigenvalue weighted by molar-refractivity contribution is 7.17. The summed E-state index contributed by atoms with van der Waals surface area (Å²) >= 11 is 1.60. The van der Waals surface area contributed by atoms with E-state index in [0.29, 0.717) is 30.9 Å². The molecule has 0 radical (unpaired) electrons. The molecular weight excluding hydrogens is 410 g/mol. The summed E-state index contributed by atoms with van der Waals surface area (Å²) in [5.74, 6) is 0.685. The fraction of sp³-hybridized carbons (Fsp3) is 0.348. The Morgan fingerprint density at radius 1 is 1.10 bits per heavy atom. The molecule has 160 valence electrons. The van der Waals surface area contributed by atoms with Crippen LogP contribution >= 0.6 is 11.3 Å². The number of anilines is 1. The first kappa shape index (κ1) is 19.8. The molecule has 0 spiro atoms. The van der Waals surface area contributed by atoms with E-state index in [4.69, 9.17) is 0 Å². The number of para-hydroxylation sites is 1. The van der Waals surface area contributed by atoms with Gasteiger partial charge < -0.3 is 9.80 Å². The third-order valence-corrected chi connectivity index (χ3v) is 6.96. The third-order valence-electron chi connectivity index (χ3n) is 6.11. The molecule has 1 aliphatic heterocycles. The van der Waals surface area contributed by atoms with Gasteiger partial charge >= 0.3 is 0 Å². The minimum Gasteiger partial charge on any atom is -0.368 e. The normalized spacial score (nSPS) is 15.7. The van der Waals surface area contributed by atoms with Crippen molar-refractivity contribution in [3.8, 4) is 0 Å². The molecule has 0 N–H and O–H groups in total. The number of aromatic nitrogens is 3. The maximum atomic E-state index is 13.4. The van der Waals surface area contributed by atoms with Crippen LogP contribution in [0.1, 0.15) is 25.2 Å². The van der Waals surface area contributed by atoms with Gasteiger partial charge in [-0.3, -0.25) is 14.0 Å². The minimum absolute atomic E-state index is 0.0260. The summed E-state index contributed by atoms with van der Waals surface area (Å²) in [6, 6.07) is 13.6. The molecule has 5 rings (SSSR count). The van der Waals surface area contributed by atoms with E-state index in [0.717, 1.165) is 23.3 Å². The maximum absolute atomic E-state index is 13.4. The van der Waals surface area contributed by atoms with Gasteiger partial charge in [-0.25, -0.2) is 4.68 Å². The predicted molar refractivity (Wildman–Crippen MR) is 124 cm³/mol. The number of piperazine rings is 1. The monoisotopic (exact) mass is 435 g/mol. The van der Waals surface area contributed by atoms with E-state index in [1.165, 1.54) is 10.4 Å². The van der Waals surface area contributed by atoms with Crippen LogP contribution in [0.5, 0.6) is 0 Å². The van der Waals surface area contributed by atoms with Crippen LogP contribution in [0.25, 0.3) is 15.7 Å². The lowest BCUT2D eigenvalue weighted by Crippen LogP contribution is -2.51. The van der Waals surface area contributed by atoms with Crippen molar-refractivity contribution in [2.24, 2.45) is 0 Å². The highest BCUT2D eigenvalue weighted by Crippen LogP contribution is 2.25. The number of carbonyl (C=O) groups is 1. The van der Waals surface area contributed by atoms with Crippen LogP contribution in [0.2, 0.25) is 0 Å². The zero-order valence-electron chi connectivity index (χ0n) is 17.7. The second-order valence-corrected chi connectivity index (χ2v) is 8.85. The summed E-state index contributed by atoms with van der Waals surface area (Å²) < 4.78 is 4.34. The Bertz CT molecular complexity index is 1300. The summed E-state index contributed by atoms with van der Waals surface area (Å²) in [5, 5.41) is 6.58. The fourth-order valence-corrected chi connectivity index (χ4v) is 5.30. The molecule has 8 heteroatoms. The molecule has 4 heterocycles. The maximum Gasteiger partial charge on any atom is 0.291 e. The fourth-order valence-electron chi connectivity index (χ4n) is 4.49. The van der Waals surface area contributed by atoms with Crippen molar-refractivity contribution in [1.29, 1.82) is 0 Å². The average Bonchev–Trinajstić information content (AvgIpc) is 3.40. The van der Waals surface area contributed by atoms with Crippen molar-refractivity contribution in [1.82, 2.24) is 19.1 Å². The quantitative estimate of drug-likeness (QED) is 0.493. The first-order valence-electron chi connectivity index (χ1n) is 10.7. The molecule has 3 aromatic heterocycles. The Kier molecular flexibility index (Phi) is 5.02. The second kappa shape index (κ2) is 7.85. The van der Waals surface area contributed by atoms with Gasteiger partial charge in [-0.05, 0) is 43.0 Å². The SMILES string of the molecule is CC[C@H](C(=O)N1CCN(c2ccccc2)CC1)n1nc(C)n2c(cc3sccc32)c1=O. The number of hydrogen-bond donors (Lipinski definition) is 0. The summed E-state index contributed by atoms with van der Waals surface area (Å²) in [7, 11) is 0. The van der Waals surface area contributed by atoms with E-state index in [-0.39, 0.29) is 11.5 Å². The highest BCUT2D eigenvalue weighted by atomic mass is 32.1. The van der Waals surface area contributed by atoms with Crippen LogP contribution in [-0.4, -0.2) is 51.2 Å². The molecule has 0 unspecified atom stereocenters. The van der Waals surface area contributed by atoms with E-state index < -0.39 is 6.04 Å². The van der Waals surface area contributed by atoms with Gasteiger partial charge in [0.15, 0.2) is 0 Å². The smallest absolute Gasteiger partial charge is 0.291 e. The van der Waals surface area contributed by atoms with Crippen molar-refractivity contribution < 1.29 is 4.79 Å². The molecule has 0 bridgehead atoms. The van der Waals surface area contributed by atoms with Crippen LogP contribution in [0, 0.1) is 6.92 Å². The van der Waals surface area contributed by atoms with Gasteiger partial charge in [0.2, 0.25) is 5.91 Å².